The van der Waals surface area contributed by atoms with E-state index in [-0.39, 0.29) is 12.1 Å². The van der Waals surface area contributed by atoms with Gasteiger partial charge in [-0.25, -0.2) is 4.98 Å². The van der Waals surface area contributed by atoms with Crippen molar-refractivity contribution in [3.8, 4) is 0 Å². The molecule has 0 radical (unpaired) electrons. The maximum Gasteiger partial charge on any atom is 0.222 e. The lowest BCUT2D eigenvalue weighted by molar-refractivity contribution is 0.133. The summed E-state index contributed by atoms with van der Waals surface area (Å²) in [5.41, 5.74) is 5.58. The fourth-order valence-corrected chi connectivity index (χ4v) is 3.21. The van der Waals surface area contributed by atoms with Crippen LogP contribution in [0.25, 0.3) is 0 Å². The minimum absolute atomic E-state index is 0.178. The summed E-state index contributed by atoms with van der Waals surface area (Å²) in [4.78, 5) is 10.2. The van der Waals surface area contributed by atoms with E-state index in [0.717, 1.165) is 25.9 Å². The summed E-state index contributed by atoms with van der Waals surface area (Å²) in [6.07, 6.45) is 3.36. The number of nitrogens with two attached hydrogens (primary N) is 1. The summed E-state index contributed by atoms with van der Waals surface area (Å²) < 4.78 is 0. The van der Waals surface area contributed by atoms with E-state index < -0.39 is 0 Å². The molecule has 2 fully saturated rings. The second-order valence-corrected chi connectivity index (χ2v) is 5.28. The largest absolute Gasteiger partial charge is 0.393 e. The lowest BCUT2D eigenvalue weighted by Gasteiger charge is -2.20. The van der Waals surface area contributed by atoms with Crippen LogP contribution in [0.15, 0.2) is 6.20 Å². The quantitative estimate of drug-likeness (QED) is 0.780. The molecule has 3 N–H and O–H groups in total. The first kappa shape index (κ1) is 11.0. The Balaban J connectivity index is 1.85. The van der Waals surface area contributed by atoms with Crippen LogP contribution in [-0.4, -0.2) is 34.3 Å². The van der Waals surface area contributed by atoms with Crippen molar-refractivity contribution in [1.82, 2.24) is 9.97 Å². The Morgan fingerprint density at radius 2 is 2.24 bits per heavy atom. The van der Waals surface area contributed by atoms with E-state index in [4.69, 9.17) is 17.3 Å². The highest BCUT2D eigenvalue weighted by Crippen LogP contribution is 2.40. The summed E-state index contributed by atoms with van der Waals surface area (Å²) >= 11 is 6.08. The second kappa shape index (κ2) is 3.99. The third-order valence-corrected chi connectivity index (χ3v) is 4.13. The Morgan fingerprint density at radius 3 is 3.00 bits per heavy atom. The molecule has 0 bridgehead atoms. The summed E-state index contributed by atoms with van der Waals surface area (Å²) in [7, 11) is 0. The van der Waals surface area contributed by atoms with Gasteiger partial charge in [-0.15, -0.1) is 0 Å². The summed E-state index contributed by atoms with van der Waals surface area (Å²) in [5.74, 6) is 1.84. The van der Waals surface area contributed by atoms with Crippen LogP contribution in [0.2, 0.25) is 5.02 Å². The molecule has 1 aromatic heterocycles. The fraction of sp³-hybridized carbons (Fsp3) is 0.636. The maximum absolute atomic E-state index is 9.87. The van der Waals surface area contributed by atoms with E-state index in [1.165, 1.54) is 6.20 Å². The first-order valence-electron chi connectivity index (χ1n) is 5.86. The van der Waals surface area contributed by atoms with Crippen LogP contribution >= 0.6 is 11.6 Å². The van der Waals surface area contributed by atoms with Gasteiger partial charge in [-0.2, -0.15) is 4.98 Å². The summed E-state index contributed by atoms with van der Waals surface area (Å²) in [6.45, 7) is 1.71. The van der Waals surface area contributed by atoms with E-state index in [9.17, 15) is 5.11 Å². The topological polar surface area (TPSA) is 75.3 Å². The van der Waals surface area contributed by atoms with Crippen molar-refractivity contribution in [2.45, 2.75) is 18.9 Å². The van der Waals surface area contributed by atoms with Gasteiger partial charge >= 0.3 is 0 Å². The summed E-state index contributed by atoms with van der Waals surface area (Å²) in [6, 6.07) is 0. The molecule has 3 rings (SSSR count). The highest BCUT2D eigenvalue weighted by molar-refractivity contribution is 6.32. The lowest BCUT2D eigenvalue weighted by atomic mass is 10.00. The normalized spacial score (nSPS) is 31.9. The molecule has 1 saturated carbocycles. The molecule has 2 aliphatic rings. The van der Waals surface area contributed by atoms with E-state index in [1.54, 1.807) is 0 Å². The third-order valence-electron chi connectivity index (χ3n) is 3.86. The van der Waals surface area contributed by atoms with Gasteiger partial charge in [-0.3, -0.25) is 0 Å². The molecule has 1 aromatic rings. The standard InChI is InChI=1S/C11H15ClN4O/c12-8-3-14-11(13)15-10(8)16-4-6-1-2-9(17)7(6)5-16/h3,6-7,9,17H,1-2,4-5H2,(H2,13,14,15). The zero-order valence-corrected chi connectivity index (χ0v) is 10.1. The van der Waals surface area contributed by atoms with Crippen molar-refractivity contribution in [2.75, 3.05) is 23.7 Å². The minimum Gasteiger partial charge on any atom is -0.393 e. The van der Waals surface area contributed by atoms with E-state index in [0.29, 0.717) is 22.7 Å². The molecule has 3 unspecified atom stereocenters. The van der Waals surface area contributed by atoms with E-state index in [2.05, 4.69) is 14.9 Å². The first-order chi connectivity index (χ1) is 8.15. The van der Waals surface area contributed by atoms with Crippen LogP contribution in [-0.2, 0) is 0 Å². The molecule has 1 saturated heterocycles. The predicted molar refractivity (Wildman–Crippen MR) is 65.9 cm³/mol. The number of nitrogens with zero attached hydrogens (tertiary/aromatic N) is 3. The number of rotatable bonds is 1. The van der Waals surface area contributed by atoms with Gasteiger partial charge in [-0.05, 0) is 18.8 Å². The first-order valence-corrected chi connectivity index (χ1v) is 6.24. The van der Waals surface area contributed by atoms with Crippen LogP contribution in [0, 0.1) is 11.8 Å². The van der Waals surface area contributed by atoms with Crippen LogP contribution in [0.5, 0.6) is 0 Å². The molecule has 0 amide bonds. The molecule has 3 atom stereocenters. The maximum atomic E-state index is 9.87. The van der Waals surface area contributed by atoms with Crippen LogP contribution in [0.4, 0.5) is 11.8 Å². The average Bonchev–Trinajstić information content (AvgIpc) is 2.85. The van der Waals surface area contributed by atoms with Crippen LogP contribution in [0.1, 0.15) is 12.8 Å². The summed E-state index contributed by atoms with van der Waals surface area (Å²) in [5, 5.41) is 10.4. The van der Waals surface area contributed by atoms with Crippen molar-refractivity contribution in [1.29, 1.82) is 0 Å². The van der Waals surface area contributed by atoms with Gasteiger partial charge in [0.25, 0.3) is 0 Å². The highest BCUT2D eigenvalue weighted by Gasteiger charge is 2.42. The van der Waals surface area contributed by atoms with Gasteiger partial charge < -0.3 is 15.7 Å². The van der Waals surface area contributed by atoms with Gasteiger partial charge in [0.1, 0.15) is 5.02 Å². The number of hydrogen-bond acceptors (Lipinski definition) is 5. The third kappa shape index (κ3) is 1.83. The average molecular weight is 255 g/mol. The number of nitrogen functional groups attached to an aromatic ring is 1. The van der Waals surface area contributed by atoms with E-state index in [1.807, 2.05) is 0 Å². The number of aromatic nitrogens is 2. The monoisotopic (exact) mass is 254 g/mol. The Bertz CT molecular complexity index is 441. The Kier molecular flexibility index (Phi) is 2.60. The Hall–Kier alpha value is -1.07. The van der Waals surface area contributed by atoms with E-state index >= 15 is 0 Å². The molecule has 92 valence electrons. The smallest absolute Gasteiger partial charge is 0.222 e. The molecule has 17 heavy (non-hydrogen) atoms. The van der Waals surface area contributed by atoms with Gasteiger partial charge in [-0.1, -0.05) is 11.6 Å². The van der Waals surface area contributed by atoms with Gasteiger partial charge in [0.05, 0.1) is 12.3 Å². The molecule has 0 spiro atoms. The molecule has 5 nitrogen and oxygen atoms in total. The number of aliphatic hydroxyl groups excluding tert-OH is 1. The van der Waals surface area contributed by atoms with Gasteiger partial charge in [0.15, 0.2) is 5.82 Å². The molecular weight excluding hydrogens is 240 g/mol. The lowest BCUT2D eigenvalue weighted by Crippen LogP contribution is -2.25. The van der Waals surface area contributed by atoms with Crippen LogP contribution in [0.3, 0.4) is 0 Å². The number of halogens is 1. The highest BCUT2D eigenvalue weighted by atomic mass is 35.5. The molecule has 1 aliphatic heterocycles. The molecule has 0 aromatic carbocycles. The van der Waals surface area contributed by atoms with Crippen molar-refractivity contribution in [2.24, 2.45) is 11.8 Å². The zero-order chi connectivity index (χ0) is 12.0. The zero-order valence-electron chi connectivity index (χ0n) is 9.38. The van der Waals surface area contributed by atoms with Crippen molar-refractivity contribution in [3.05, 3.63) is 11.2 Å². The Morgan fingerprint density at radius 1 is 1.41 bits per heavy atom. The molecule has 6 heteroatoms. The Labute approximate surface area is 105 Å². The number of anilines is 2. The van der Waals surface area contributed by atoms with Crippen molar-refractivity contribution in [3.63, 3.8) is 0 Å². The number of hydrogen-bond donors (Lipinski definition) is 2. The van der Waals surface area contributed by atoms with Gasteiger partial charge in [0.2, 0.25) is 5.95 Å². The number of fused-ring (bicyclic) bond motifs is 1. The number of aliphatic hydroxyl groups is 1. The SMILES string of the molecule is Nc1ncc(Cl)c(N2CC3CCC(O)C3C2)n1. The second-order valence-electron chi connectivity index (χ2n) is 4.87. The predicted octanol–water partition coefficient (Wildman–Crippen LogP) is 0.919. The molecular formula is C11H15ClN4O. The van der Waals surface area contributed by atoms with Gasteiger partial charge in [0, 0.05) is 19.0 Å². The molecule has 1 aliphatic carbocycles. The van der Waals surface area contributed by atoms with Crippen molar-refractivity contribution >= 4 is 23.4 Å². The van der Waals surface area contributed by atoms with Crippen molar-refractivity contribution < 1.29 is 5.11 Å². The molecule has 2 heterocycles. The fourth-order valence-electron chi connectivity index (χ4n) is 3.00. The van der Waals surface area contributed by atoms with Crippen LogP contribution < -0.4 is 10.6 Å². The minimum atomic E-state index is -0.178.